The fraction of sp³-hybridized carbons (Fsp3) is 0.150. The lowest BCUT2D eigenvalue weighted by atomic mass is 10.1. The van der Waals surface area contributed by atoms with Gasteiger partial charge in [-0.1, -0.05) is 47.5 Å². The average Bonchev–Trinajstić information content (AvgIpc) is 3.09. The van der Waals surface area contributed by atoms with Crippen LogP contribution in [0.15, 0.2) is 41.8 Å². The van der Waals surface area contributed by atoms with Gasteiger partial charge in [-0.2, -0.15) is 0 Å². The Bertz CT molecular complexity index is 901. The normalized spacial score (nSPS) is 11.0. The van der Waals surface area contributed by atoms with Crippen molar-refractivity contribution < 1.29 is 9.47 Å². The maximum Gasteiger partial charge on any atom is 0.179 e. The van der Waals surface area contributed by atoms with Crippen molar-refractivity contribution in [1.82, 2.24) is 4.98 Å². The van der Waals surface area contributed by atoms with Gasteiger partial charge in [0.05, 0.1) is 24.9 Å². The molecule has 0 fully saturated rings. The van der Waals surface area contributed by atoms with Crippen molar-refractivity contribution in [1.29, 1.82) is 0 Å². The standard InChI is InChI=1S/C20H18ClNO2S/c1-13-4-7-15(8-5-13)17-12-25-19(22-17)9-6-14-10-16(21)20(24-3)18(11-14)23-2/h4-12H,1-3H3. The van der Waals surface area contributed by atoms with Gasteiger partial charge in [-0.3, -0.25) is 0 Å². The Hall–Kier alpha value is -2.30. The molecular weight excluding hydrogens is 354 g/mol. The zero-order valence-corrected chi connectivity index (χ0v) is 15.8. The molecule has 3 rings (SSSR count). The van der Waals surface area contributed by atoms with Crippen LogP contribution in [0.4, 0.5) is 0 Å². The molecule has 128 valence electrons. The van der Waals surface area contributed by atoms with Crippen molar-refractivity contribution in [2.24, 2.45) is 0 Å². The fourth-order valence-corrected chi connectivity index (χ4v) is 3.44. The Labute approximate surface area is 156 Å². The first-order chi connectivity index (χ1) is 12.1. The van der Waals surface area contributed by atoms with E-state index in [-0.39, 0.29) is 0 Å². The molecule has 0 unspecified atom stereocenters. The van der Waals surface area contributed by atoms with Gasteiger partial charge in [-0.15, -0.1) is 11.3 Å². The van der Waals surface area contributed by atoms with E-state index in [4.69, 9.17) is 21.1 Å². The Kier molecular flexibility index (Phi) is 5.41. The quantitative estimate of drug-likeness (QED) is 0.554. The molecule has 1 heterocycles. The van der Waals surface area contributed by atoms with Gasteiger partial charge in [0.15, 0.2) is 11.5 Å². The van der Waals surface area contributed by atoms with Crippen LogP contribution in [-0.4, -0.2) is 19.2 Å². The number of nitrogens with zero attached hydrogens (tertiary/aromatic N) is 1. The Morgan fingerprint density at radius 3 is 2.48 bits per heavy atom. The van der Waals surface area contributed by atoms with Gasteiger partial charge < -0.3 is 9.47 Å². The molecule has 0 bridgehead atoms. The number of aryl methyl sites for hydroxylation is 1. The first-order valence-electron chi connectivity index (χ1n) is 7.73. The number of rotatable bonds is 5. The van der Waals surface area contributed by atoms with Crippen molar-refractivity contribution in [3.05, 3.63) is 62.9 Å². The summed E-state index contributed by atoms with van der Waals surface area (Å²) in [5.74, 6) is 1.14. The number of hydrogen-bond acceptors (Lipinski definition) is 4. The number of halogens is 1. The van der Waals surface area contributed by atoms with E-state index >= 15 is 0 Å². The van der Waals surface area contributed by atoms with Crippen molar-refractivity contribution in [2.45, 2.75) is 6.92 Å². The molecule has 0 aliphatic rings. The van der Waals surface area contributed by atoms with Gasteiger partial charge >= 0.3 is 0 Å². The van der Waals surface area contributed by atoms with Crippen molar-refractivity contribution in [2.75, 3.05) is 14.2 Å². The maximum atomic E-state index is 6.24. The van der Waals surface area contributed by atoms with E-state index < -0.39 is 0 Å². The minimum absolute atomic E-state index is 0.515. The molecule has 0 radical (unpaired) electrons. The van der Waals surface area contributed by atoms with Gasteiger partial charge in [0.25, 0.3) is 0 Å². The lowest BCUT2D eigenvalue weighted by Gasteiger charge is -2.10. The predicted octanol–water partition coefficient (Wildman–Crippen LogP) is 5.96. The predicted molar refractivity (Wildman–Crippen MR) is 106 cm³/mol. The first-order valence-corrected chi connectivity index (χ1v) is 8.98. The van der Waals surface area contributed by atoms with Crippen LogP contribution < -0.4 is 9.47 Å². The van der Waals surface area contributed by atoms with Crippen LogP contribution >= 0.6 is 22.9 Å². The van der Waals surface area contributed by atoms with Crippen LogP contribution in [0.25, 0.3) is 23.4 Å². The molecule has 0 aliphatic carbocycles. The number of ether oxygens (including phenoxy) is 2. The third-order valence-corrected chi connectivity index (χ3v) is 4.83. The van der Waals surface area contributed by atoms with Gasteiger partial charge in [0.1, 0.15) is 5.01 Å². The number of hydrogen-bond donors (Lipinski definition) is 0. The van der Waals surface area contributed by atoms with Crippen LogP contribution in [0.2, 0.25) is 5.02 Å². The fourth-order valence-electron chi connectivity index (χ4n) is 2.42. The Balaban J connectivity index is 1.83. The van der Waals surface area contributed by atoms with E-state index in [1.54, 1.807) is 25.6 Å². The van der Waals surface area contributed by atoms with Gasteiger partial charge in [-0.25, -0.2) is 4.98 Å². The number of benzene rings is 2. The molecule has 1 aromatic heterocycles. The first kappa shape index (κ1) is 17.5. The molecule has 0 amide bonds. The molecule has 5 heteroatoms. The molecule has 0 N–H and O–H groups in total. The lowest BCUT2D eigenvalue weighted by molar-refractivity contribution is 0.355. The van der Waals surface area contributed by atoms with Crippen LogP contribution in [0, 0.1) is 6.92 Å². The molecule has 2 aromatic carbocycles. The lowest BCUT2D eigenvalue weighted by Crippen LogP contribution is -1.92. The third-order valence-electron chi connectivity index (χ3n) is 3.74. The van der Waals surface area contributed by atoms with E-state index in [1.807, 2.05) is 24.3 Å². The zero-order chi connectivity index (χ0) is 17.8. The molecule has 0 saturated carbocycles. The number of methoxy groups -OCH3 is 2. The second kappa shape index (κ2) is 7.72. The van der Waals surface area contributed by atoms with Crippen LogP contribution in [0.3, 0.4) is 0 Å². The van der Waals surface area contributed by atoms with Crippen molar-refractivity contribution >= 4 is 35.1 Å². The molecule has 25 heavy (non-hydrogen) atoms. The summed E-state index contributed by atoms with van der Waals surface area (Å²) in [6.45, 7) is 2.08. The summed E-state index contributed by atoms with van der Waals surface area (Å²) in [4.78, 5) is 4.67. The van der Waals surface area contributed by atoms with E-state index in [0.29, 0.717) is 16.5 Å². The highest BCUT2D eigenvalue weighted by Crippen LogP contribution is 2.36. The largest absolute Gasteiger partial charge is 0.493 e. The number of aromatic nitrogens is 1. The van der Waals surface area contributed by atoms with Gasteiger partial charge in [0.2, 0.25) is 0 Å². The van der Waals surface area contributed by atoms with Crippen LogP contribution in [-0.2, 0) is 0 Å². The second-order valence-electron chi connectivity index (χ2n) is 5.51. The summed E-state index contributed by atoms with van der Waals surface area (Å²) < 4.78 is 10.6. The minimum atomic E-state index is 0.515. The maximum absolute atomic E-state index is 6.24. The van der Waals surface area contributed by atoms with Crippen molar-refractivity contribution in [3.63, 3.8) is 0 Å². The number of thiazole rings is 1. The highest BCUT2D eigenvalue weighted by Gasteiger charge is 2.10. The second-order valence-corrected chi connectivity index (χ2v) is 6.81. The summed E-state index contributed by atoms with van der Waals surface area (Å²) >= 11 is 7.84. The summed E-state index contributed by atoms with van der Waals surface area (Å²) in [6.07, 6.45) is 3.94. The van der Waals surface area contributed by atoms with Gasteiger partial charge in [0, 0.05) is 10.9 Å². The summed E-state index contributed by atoms with van der Waals surface area (Å²) in [6, 6.07) is 12.1. The highest BCUT2D eigenvalue weighted by molar-refractivity contribution is 7.10. The monoisotopic (exact) mass is 371 g/mol. The molecular formula is C20H18ClNO2S. The topological polar surface area (TPSA) is 31.4 Å². The van der Waals surface area contributed by atoms with Crippen LogP contribution in [0.5, 0.6) is 11.5 Å². The van der Waals surface area contributed by atoms with E-state index in [9.17, 15) is 0 Å². The Morgan fingerprint density at radius 1 is 1.04 bits per heavy atom. The van der Waals surface area contributed by atoms with Crippen LogP contribution in [0.1, 0.15) is 16.1 Å². The summed E-state index contributed by atoms with van der Waals surface area (Å²) in [5.41, 5.74) is 4.27. The molecule has 3 aromatic rings. The Morgan fingerprint density at radius 2 is 1.80 bits per heavy atom. The molecule has 0 aliphatic heterocycles. The van der Waals surface area contributed by atoms with E-state index in [1.165, 1.54) is 5.56 Å². The highest BCUT2D eigenvalue weighted by atomic mass is 35.5. The van der Waals surface area contributed by atoms with E-state index in [0.717, 1.165) is 21.8 Å². The van der Waals surface area contributed by atoms with E-state index in [2.05, 4.69) is 41.6 Å². The third kappa shape index (κ3) is 4.03. The minimum Gasteiger partial charge on any atom is -0.493 e. The summed E-state index contributed by atoms with van der Waals surface area (Å²) in [5, 5.41) is 3.51. The molecule has 0 saturated heterocycles. The van der Waals surface area contributed by atoms with Gasteiger partial charge in [-0.05, 0) is 30.7 Å². The SMILES string of the molecule is COc1cc(C=Cc2nc(-c3ccc(C)cc3)cs2)cc(Cl)c1OC. The average molecular weight is 372 g/mol. The smallest absolute Gasteiger partial charge is 0.179 e. The molecule has 3 nitrogen and oxygen atoms in total. The van der Waals surface area contributed by atoms with Crippen molar-refractivity contribution in [3.8, 4) is 22.8 Å². The molecule has 0 spiro atoms. The summed E-state index contributed by atoms with van der Waals surface area (Å²) in [7, 11) is 3.16. The molecule has 0 atom stereocenters. The zero-order valence-electron chi connectivity index (χ0n) is 14.2.